The number of aliphatic imine (C=N–C) groups is 1. The molecule has 0 saturated heterocycles. The molecule has 0 saturated carbocycles. The van der Waals surface area contributed by atoms with Crippen molar-refractivity contribution in [1.29, 1.82) is 0 Å². The zero-order valence-corrected chi connectivity index (χ0v) is 6.84. The van der Waals surface area contributed by atoms with Crippen LogP contribution in [0.1, 0.15) is 0 Å². The van der Waals surface area contributed by atoms with Gasteiger partial charge in [0.05, 0.1) is 5.92 Å². The molecule has 0 aliphatic carbocycles. The summed E-state index contributed by atoms with van der Waals surface area (Å²) in [5, 5.41) is 0. The fourth-order valence-corrected chi connectivity index (χ4v) is 1.12. The van der Waals surface area contributed by atoms with E-state index in [0.717, 1.165) is 4.48 Å². The minimum Gasteiger partial charge on any atom is -0.329 e. The average molecular weight is 203 g/mol. The SMILES string of the molecule is NCC1C=C(Br)C=NC1=O. The molecule has 1 rings (SSSR count). The smallest absolute Gasteiger partial charge is 0.253 e. The minimum atomic E-state index is -0.237. The predicted octanol–water partition coefficient (Wildman–Crippen LogP) is 0.451. The van der Waals surface area contributed by atoms with Gasteiger partial charge in [-0.15, -0.1) is 0 Å². The van der Waals surface area contributed by atoms with Crippen LogP contribution in [0, 0.1) is 5.92 Å². The Morgan fingerprint density at radius 2 is 2.50 bits per heavy atom. The van der Waals surface area contributed by atoms with Crippen LogP contribution in [0.2, 0.25) is 0 Å². The Morgan fingerprint density at radius 1 is 1.80 bits per heavy atom. The summed E-state index contributed by atoms with van der Waals surface area (Å²) >= 11 is 3.20. The monoisotopic (exact) mass is 202 g/mol. The van der Waals surface area contributed by atoms with Gasteiger partial charge in [-0.1, -0.05) is 6.08 Å². The molecule has 1 aliphatic heterocycles. The second kappa shape index (κ2) is 3.07. The van der Waals surface area contributed by atoms with E-state index in [1.54, 1.807) is 6.08 Å². The van der Waals surface area contributed by atoms with E-state index in [2.05, 4.69) is 20.9 Å². The molecule has 0 aromatic heterocycles. The highest BCUT2D eigenvalue weighted by molar-refractivity contribution is 9.12. The molecule has 3 nitrogen and oxygen atoms in total. The van der Waals surface area contributed by atoms with E-state index in [0.29, 0.717) is 6.54 Å². The van der Waals surface area contributed by atoms with Crippen LogP contribution in [0.3, 0.4) is 0 Å². The normalized spacial score (nSPS) is 24.8. The molecule has 0 bridgehead atoms. The summed E-state index contributed by atoms with van der Waals surface area (Å²) in [6.07, 6.45) is 3.24. The summed E-state index contributed by atoms with van der Waals surface area (Å²) in [6, 6.07) is 0. The predicted molar refractivity (Wildman–Crippen MR) is 43.1 cm³/mol. The second-order valence-electron chi connectivity index (χ2n) is 1.99. The van der Waals surface area contributed by atoms with E-state index in [1.807, 2.05) is 0 Å². The fraction of sp³-hybridized carbons (Fsp3) is 0.333. The molecule has 4 heteroatoms. The number of halogens is 1. The highest BCUT2D eigenvalue weighted by atomic mass is 79.9. The fourth-order valence-electron chi connectivity index (χ4n) is 0.696. The lowest BCUT2D eigenvalue weighted by Gasteiger charge is -2.08. The van der Waals surface area contributed by atoms with Crippen LogP contribution in [0.15, 0.2) is 15.6 Å². The van der Waals surface area contributed by atoms with Crippen molar-refractivity contribution in [2.45, 2.75) is 0 Å². The van der Waals surface area contributed by atoms with Crippen molar-refractivity contribution in [3.63, 3.8) is 0 Å². The highest BCUT2D eigenvalue weighted by Crippen LogP contribution is 2.13. The van der Waals surface area contributed by atoms with E-state index < -0.39 is 0 Å². The molecule has 0 fully saturated rings. The van der Waals surface area contributed by atoms with Gasteiger partial charge in [0.1, 0.15) is 0 Å². The zero-order valence-electron chi connectivity index (χ0n) is 5.25. The summed E-state index contributed by atoms with van der Waals surface area (Å²) < 4.78 is 0.822. The third-order valence-electron chi connectivity index (χ3n) is 1.25. The van der Waals surface area contributed by atoms with Crippen molar-refractivity contribution < 1.29 is 4.79 Å². The van der Waals surface area contributed by atoms with Gasteiger partial charge in [-0.2, -0.15) is 0 Å². The van der Waals surface area contributed by atoms with Crippen LogP contribution in [-0.4, -0.2) is 18.7 Å². The lowest BCUT2D eigenvalue weighted by Crippen LogP contribution is -2.22. The Kier molecular flexibility index (Phi) is 2.34. The maximum atomic E-state index is 10.8. The maximum absolute atomic E-state index is 10.8. The Balaban J connectivity index is 2.76. The number of rotatable bonds is 1. The Bertz CT molecular complexity index is 210. The number of allylic oxidation sites excluding steroid dienone is 1. The molecular formula is C6H7BrN2O. The number of hydrogen-bond donors (Lipinski definition) is 1. The maximum Gasteiger partial charge on any atom is 0.253 e. The molecule has 10 heavy (non-hydrogen) atoms. The minimum absolute atomic E-state index is 0.161. The molecule has 2 N–H and O–H groups in total. The number of nitrogens with two attached hydrogens (primary N) is 1. The van der Waals surface area contributed by atoms with Crippen LogP contribution in [0.5, 0.6) is 0 Å². The first-order valence-electron chi connectivity index (χ1n) is 2.89. The molecule has 1 atom stereocenters. The number of carbonyl (C=O) groups excluding carboxylic acids is 1. The molecule has 0 aromatic carbocycles. The van der Waals surface area contributed by atoms with E-state index >= 15 is 0 Å². The summed E-state index contributed by atoms with van der Waals surface area (Å²) in [4.78, 5) is 14.4. The lowest BCUT2D eigenvalue weighted by atomic mass is 10.1. The van der Waals surface area contributed by atoms with Crippen molar-refractivity contribution in [3.05, 3.63) is 10.6 Å². The van der Waals surface area contributed by atoms with E-state index in [4.69, 9.17) is 5.73 Å². The summed E-state index contributed by atoms with van der Waals surface area (Å²) in [7, 11) is 0. The van der Waals surface area contributed by atoms with Crippen LogP contribution >= 0.6 is 15.9 Å². The van der Waals surface area contributed by atoms with Crippen molar-refractivity contribution in [2.75, 3.05) is 6.54 Å². The van der Waals surface area contributed by atoms with Crippen LogP contribution < -0.4 is 5.73 Å². The molecule has 1 amide bonds. The quantitative estimate of drug-likeness (QED) is 0.672. The highest BCUT2D eigenvalue weighted by Gasteiger charge is 2.15. The number of hydrogen-bond acceptors (Lipinski definition) is 2. The van der Waals surface area contributed by atoms with Gasteiger partial charge in [0.15, 0.2) is 0 Å². The zero-order chi connectivity index (χ0) is 7.56. The third kappa shape index (κ3) is 1.52. The molecule has 1 heterocycles. The van der Waals surface area contributed by atoms with Crippen molar-refractivity contribution >= 4 is 28.1 Å². The topological polar surface area (TPSA) is 55.4 Å². The molecule has 0 spiro atoms. The van der Waals surface area contributed by atoms with Crippen molar-refractivity contribution in [2.24, 2.45) is 16.6 Å². The molecule has 54 valence electrons. The molecular weight excluding hydrogens is 196 g/mol. The molecule has 0 radical (unpaired) electrons. The molecule has 1 unspecified atom stereocenters. The first-order chi connectivity index (χ1) is 4.74. The largest absolute Gasteiger partial charge is 0.329 e. The summed E-state index contributed by atoms with van der Waals surface area (Å²) in [6.45, 7) is 0.325. The van der Waals surface area contributed by atoms with Gasteiger partial charge in [-0.25, -0.2) is 4.99 Å². The van der Waals surface area contributed by atoms with Gasteiger partial charge in [-0.3, -0.25) is 4.79 Å². The third-order valence-corrected chi connectivity index (χ3v) is 1.72. The van der Waals surface area contributed by atoms with Gasteiger partial charge >= 0.3 is 0 Å². The molecule has 1 aliphatic rings. The first kappa shape index (κ1) is 7.63. The van der Waals surface area contributed by atoms with Crippen LogP contribution in [0.4, 0.5) is 0 Å². The van der Waals surface area contributed by atoms with E-state index in [-0.39, 0.29) is 11.8 Å². The van der Waals surface area contributed by atoms with Gasteiger partial charge in [0.2, 0.25) is 0 Å². The van der Waals surface area contributed by atoms with Crippen LogP contribution in [0.25, 0.3) is 0 Å². The number of carbonyl (C=O) groups is 1. The average Bonchev–Trinajstić information content (AvgIpc) is 1.94. The van der Waals surface area contributed by atoms with Gasteiger partial charge < -0.3 is 5.73 Å². The lowest BCUT2D eigenvalue weighted by molar-refractivity contribution is -0.120. The van der Waals surface area contributed by atoms with Crippen LogP contribution in [-0.2, 0) is 4.79 Å². The number of dihydropyridines is 1. The first-order valence-corrected chi connectivity index (χ1v) is 3.68. The molecule has 0 aromatic rings. The van der Waals surface area contributed by atoms with Gasteiger partial charge in [0, 0.05) is 17.2 Å². The van der Waals surface area contributed by atoms with Gasteiger partial charge in [0.25, 0.3) is 5.91 Å². The number of amides is 1. The standard InChI is InChI=1S/C6H7BrN2O/c7-5-1-4(2-8)6(10)9-3-5/h1,3-4H,2,8H2. The second-order valence-corrected chi connectivity index (χ2v) is 2.91. The Hall–Kier alpha value is -0.480. The van der Waals surface area contributed by atoms with Crippen molar-refractivity contribution in [1.82, 2.24) is 0 Å². The number of nitrogens with zero attached hydrogens (tertiary/aromatic N) is 1. The van der Waals surface area contributed by atoms with Gasteiger partial charge in [-0.05, 0) is 15.9 Å². The van der Waals surface area contributed by atoms with E-state index in [1.165, 1.54) is 6.21 Å². The Morgan fingerprint density at radius 3 is 3.00 bits per heavy atom. The van der Waals surface area contributed by atoms with Crippen molar-refractivity contribution in [3.8, 4) is 0 Å². The van der Waals surface area contributed by atoms with E-state index in [9.17, 15) is 4.79 Å². The summed E-state index contributed by atoms with van der Waals surface area (Å²) in [5.74, 6) is -0.398. The summed E-state index contributed by atoms with van der Waals surface area (Å²) in [5.41, 5.74) is 5.30. The Labute approximate surface area is 67.1 Å².